The number of carbonyl (C=O) groups is 2. The quantitative estimate of drug-likeness (QED) is 0.507. The van der Waals surface area contributed by atoms with Crippen molar-refractivity contribution in [1.29, 1.82) is 0 Å². The van der Waals surface area contributed by atoms with Gasteiger partial charge in [-0.2, -0.15) is 0 Å². The van der Waals surface area contributed by atoms with Crippen molar-refractivity contribution in [3.05, 3.63) is 0 Å². The fourth-order valence-corrected chi connectivity index (χ4v) is 2.29. The molecule has 0 radical (unpaired) electrons. The number of nitrogens with zero attached hydrogens (tertiary/aromatic N) is 1. The Morgan fingerprint density at radius 3 is 3.00 bits per heavy atom. The second kappa shape index (κ2) is 3.81. The molecular weight excluding hydrogens is 196 g/mol. The van der Waals surface area contributed by atoms with Crippen molar-refractivity contribution in [1.82, 2.24) is 10.2 Å². The van der Waals surface area contributed by atoms with Crippen LogP contribution in [0.1, 0.15) is 19.8 Å². The van der Waals surface area contributed by atoms with E-state index in [1.165, 1.54) is 0 Å². The number of carbonyl (C=O) groups excluding carboxylic acids is 2. The lowest BCUT2D eigenvalue weighted by molar-refractivity contribution is -0.160. The molecule has 2 saturated heterocycles. The van der Waals surface area contributed by atoms with Gasteiger partial charge in [-0.3, -0.25) is 9.59 Å². The third-order valence-electron chi connectivity index (χ3n) is 3.03. The highest BCUT2D eigenvalue weighted by Crippen LogP contribution is 2.30. The smallest absolute Gasteiger partial charge is 0.325 e. The molecule has 1 spiro atoms. The molecule has 2 aliphatic heterocycles. The van der Waals surface area contributed by atoms with Crippen LogP contribution in [0.15, 0.2) is 0 Å². The highest BCUT2D eigenvalue weighted by molar-refractivity contribution is 5.95. The van der Waals surface area contributed by atoms with E-state index in [9.17, 15) is 9.59 Å². The highest BCUT2D eigenvalue weighted by Gasteiger charge is 2.53. The molecule has 84 valence electrons. The Balaban J connectivity index is 1.84. The van der Waals surface area contributed by atoms with E-state index in [4.69, 9.17) is 4.74 Å². The fourth-order valence-electron chi connectivity index (χ4n) is 2.29. The number of amides is 1. The van der Waals surface area contributed by atoms with E-state index >= 15 is 0 Å². The number of rotatable bonds is 3. The van der Waals surface area contributed by atoms with E-state index in [1.54, 1.807) is 11.8 Å². The first-order valence-corrected chi connectivity index (χ1v) is 5.38. The van der Waals surface area contributed by atoms with Crippen LogP contribution in [0.3, 0.4) is 0 Å². The van der Waals surface area contributed by atoms with Crippen LogP contribution in [0.25, 0.3) is 0 Å². The largest absolute Gasteiger partial charge is 0.465 e. The summed E-state index contributed by atoms with van der Waals surface area (Å²) in [5.74, 6) is -0.272. The predicted molar refractivity (Wildman–Crippen MR) is 53.2 cm³/mol. The van der Waals surface area contributed by atoms with Crippen molar-refractivity contribution in [3.8, 4) is 0 Å². The number of nitrogens with one attached hydrogen (secondary N) is 1. The molecule has 5 heteroatoms. The Kier molecular flexibility index (Phi) is 2.65. The molecule has 1 N–H and O–H groups in total. The van der Waals surface area contributed by atoms with Gasteiger partial charge in [0.1, 0.15) is 12.1 Å². The molecule has 0 aliphatic carbocycles. The summed E-state index contributed by atoms with van der Waals surface area (Å²) in [5, 5.41) is 3.21. The second-order valence-corrected chi connectivity index (χ2v) is 4.08. The SMILES string of the molecule is CCOC(=O)CN1C[C@]2(CCCN2)C1=O. The maximum Gasteiger partial charge on any atom is 0.325 e. The first-order valence-electron chi connectivity index (χ1n) is 5.38. The van der Waals surface area contributed by atoms with Gasteiger partial charge in [0, 0.05) is 6.54 Å². The number of ether oxygens (including phenoxy) is 1. The zero-order valence-corrected chi connectivity index (χ0v) is 8.91. The summed E-state index contributed by atoms with van der Waals surface area (Å²) in [4.78, 5) is 24.5. The number of esters is 1. The molecule has 0 aromatic heterocycles. The molecule has 5 nitrogen and oxygen atoms in total. The van der Waals surface area contributed by atoms with Crippen molar-refractivity contribution < 1.29 is 14.3 Å². The summed E-state index contributed by atoms with van der Waals surface area (Å²) >= 11 is 0. The van der Waals surface area contributed by atoms with E-state index < -0.39 is 0 Å². The minimum absolute atomic E-state index is 0.0491. The average molecular weight is 212 g/mol. The van der Waals surface area contributed by atoms with Gasteiger partial charge in [-0.1, -0.05) is 0 Å². The average Bonchev–Trinajstić information content (AvgIpc) is 2.68. The van der Waals surface area contributed by atoms with Gasteiger partial charge in [0.05, 0.1) is 6.61 Å². The summed E-state index contributed by atoms with van der Waals surface area (Å²) in [7, 11) is 0. The standard InChI is InChI=1S/C10H16N2O3/c1-2-15-8(13)6-12-7-10(9(12)14)4-3-5-11-10/h11H,2-7H2,1H3/t10-/m1/s1. The van der Waals surface area contributed by atoms with Crippen LogP contribution in [0, 0.1) is 0 Å². The van der Waals surface area contributed by atoms with Crippen molar-refractivity contribution in [3.63, 3.8) is 0 Å². The molecule has 2 rings (SSSR count). The van der Waals surface area contributed by atoms with E-state index in [0.717, 1.165) is 19.4 Å². The summed E-state index contributed by atoms with van der Waals surface area (Å²) < 4.78 is 4.79. The molecule has 0 aromatic carbocycles. The molecule has 0 unspecified atom stereocenters. The number of β-lactam (4-membered cyclic amide) rings is 1. The highest BCUT2D eigenvalue weighted by atomic mass is 16.5. The van der Waals surface area contributed by atoms with E-state index in [0.29, 0.717) is 13.2 Å². The first-order chi connectivity index (χ1) is 7.18. The lowest BCUT2D eigenvalue weighted by Gasteiger charge is -2.46. The molecule has 2 heterocycles. The Labute approximate surface area is 88.8 Å². The molecular formula is C10H16N2O3. The van der Waals surface area contributed by atoms with Crippen LogP contribution in [0.2, 0.25) is 0 Å². The van der Waals surface area contributed by atoms with E-state index in [-0.39, 0.29) is 24.0 Å². The second-order valence-electron chi connectivity index (χ2n) is 4.08. The number of likely N-dealkylation sites (tertiary alicyclic amines) is 1. The molecule has 2 fully saturated rings. The third kappa shape index (κ3) is 1.71. The van der Waals surface area contributed by atoms with Gasteiger partial charge in [0.2, 0.25) is 5.91 Å². The Hall–Kier alpha value is -1.10. The van der Waals surface area contributed by atoms with Crippen molar-refractivity contribution in [2.75, 3.05) is 26.2 Å². The van der Waals surface area contributed by atoms with Gasteiger partial charge in [-0.05, 0) is 26.3 Å². The first kappa shape index (κ1) is 10.4. The zero-order chi connectivity index (χ0) is 10.9. The maximum atomic E-state index is 11.8. The van der Waals surface area contributed by atoms with Crippen molar-refractivity contribution >= 4 is 11.9 Å². The number of hydrogen-bond acceptors (Lipinski definition) is 4. The van der Waals surface area contributed by atoms with Crippen LogP contribution >= 0.6 is 0 Å². The molecule has 1 amide bonds. The van der Waals surface area contributed by atoms with Crippen molar-refractivity contribution in [2.45, 2.75) is 25.3 Å². The topological polar surface area (TPSA) is 58.6 Å². The lowest BCUT2D eigenvalue weighted by Crippen LogP contribution is -2.71. The third-order valence-corrected chi connectivity index (χ3v) is 3.03. The van der Waals surface area contributed by atoms with Gasteiger partial charge in [-0.15, -0.1) is 0 Å². The summed E-state index contributed by atoms with van der Waals surface area (Å²) in [5.41, 5.74) is -0.341. The van der Waals surface area contributed by atoms with Crippen molar-refractivity contribution in [2.24, 2.45) is 0 Å². The van der Waals surface area contributed by atoms with Gasteiger partial charge in [-0.25, -0.2) is 0 Å². The van der Waals surface area contributed by atoms with Gasteiger partial charge in [0.25, 0.3) is 0 Å². The van der Waals surface area contributed by atoms with Crippen LogP contribution in [-0.4, -0.2) is 48.6 Å². The van der Waals surface area contributed by atoms with Gasteiger partial charge in [0.15, 0.2) is 0 Å². The predicted octanol–water partition coefficient (Wildman–Crippen LogP) is -0.486. The van der Waals surface area contributed by atoms with E-state index in [2.05, 4.69) is 5.32 Å². The fraction of sp³-hybridized carbons (Fsp3) is 0.800. The van der Waals surface area contributed by atoms with Crippen LogP contribution in [0.4, 0.5) is 0 Å². The van der Waals surface area contributed by atoms with Crippen LogP contribution in [-0.2, 0) is 14.3 Å². The lowest BCUT2D eigenvalue weighted by atomic mass is 9.87. The summed E-state index contributed by atoms with van der Waals surface area (Å²) in [6, 6.07) is 0. The minimum Gasteiger partial charge on any atom is -0.465 e. The molecule has 15 heavy (non-hydrogen) atoms. The number of hydrogen-bond donors (Lipinski definition) is 1. The molecule has 0 aromatic rings. The van der Waals surface area contributed by atoms with Gasteiger partial charge < -0.3 is 15.0 Å². The Morgan fingerprint density at radius 2 is 2.47 bits per heavy atom. The minimum atomic E-state index is -0.341. The molecule has 2 aliphatic rings. The van der Waals surface area contributed by atoms with Crippen LogP contribution in [0.5, 0.6) is 0 Å². The summed E-state index contributed by atoms with van der Waals surface area (Å²) in [6.45, 7) is 3.76. The molecule has 1 atom stereocenters. The maximum absolute atomic E-state index is 11.8. The zero-order valence-electron chi connectivity index (χ0n) is 8.91. The molecule has 0 bridgehead atoms. The van der Waals surface area contributed by atoms with Gasteiger partial charge >= 0.3 is 5.97 Å². The molecule has 0 saturated carbocycles. The van der Waals surface area contributed by atoms with E-state index in [1.807, 2.05) is 0 Å². The monoisotopic (exact) mass is 212 g/mol. The Morgan fingerprint density at radius 1 is 1.67 bits per heavy atom. The van der Waals surface area contributed by atoms with Crippen LogP contribution < -0.4 is 5.32 Å². The summed E-state index contributed by atoms with van der Waals surface area (Å²) in [6.07, 6.45) is 1.93. The normalized spacial score (nSPS) is 29.4. The Bertz CT molecular complexity index is 284.